The van der Waals surface area contributed by atoms with Gasteiger partial charge in [-0.05, 0) is 27.5 Å². The predicted octanol–water partition coefficient (Wildman–Crippen LogP) is 2.23. The lowest BCUT2D eigenvalue weighted by molar-refractivity contribution is -0.284. The summed E-state index contributed by atoms with van der Waals surface area (Å²) in [5, 5.41) is 34.1. The molecular formula is C29H34O7Si. The van der Waals surface area contributed by atoms with Crippen molar-refractivity contribution in [2.24, 2.45) is 0 Å². The molecule has 0 aromatic heterocycles. The summed E-state index contributed by atoms with van der Waals surface area (Å²) < 4.78 is 17.7. The quantitative estimate of drug-likeness (QED) is 0.323. The van der Waals surface area contributed by atoms with Crippen molar-refractivity contribution in [2.75, 3.05) is 6.61 Å². The fourth-order valence-electron chi connectivity index (χ4n) is 4.92. The number of aliphatic hydroxyl groups is 3. The van der Waals surface area contributed by atoms with E-state index in [4.69, 9.17) is 13.9 Å². The minimum absolute atomic E-state index is 0.0814. The average molecular weight is 523 g/mol. The van der Waals surface area contributed by atoms with Crippen LogP contribution < -0.4 is 10.4 Å². The Morgan fingerprint density at radius 2 is 1.30 bits per heavy atom. The second-order valence-corrected chi connectivity index (χ2v) is 14.6. The highest BCUT2D eigenvalue weighted by Gasteiger charge is 2.52. The molecule has 0 spiro atoms. The van der Waals surface area contributed by atoms with E-state index in [1.807, 2.05) is 60.7 Å². The molecule has 8 heteroatoms. The van der Waals surface area contributed by atoms with Crippen molar-refractivity contribution in [1.82, 2.24) is 0 Å². The lowest BCUT2D eigenvalue weighted by Crippen LogP contribution is -2.68. The number of aliphatic hydroxyl groups excluding tert-OH is 3. The predicted molar refractivity (Wildman–Crippen MR) is 142 cm³/mol. The Labute approximate surface area is 218 Å². The standard InChI is InChI=1S/C29H34O7Si/c1-29(2,3)37(21-15-9-5-10-16-21,22-17-11-6-12-18-22)34-19-23-24(30)25(31)26(28(33)35-23)36-27(32)20-13-7-4-8-14-20/h4-18,23-26,28,30-31,33H,19H2,1-3H3/t23-,24-,25+,26-,28+/m1/s1. The number of hydrogen-bond donors (Lipinski definition) is 3. The van der Waals surface area contributed by atoms with Crippen LogP contribution in [0.25, 0.3) is 0 Å². The molecule has 1 fully saturated rings. The molecule has 1 heterocycles. The molecule has 1 aliphatic heterocycles. The van der Waals surface area contributed by atoms with E-state index < -0.39 is 45.0 Å². The van der Waals surface area contributed by atoms with Crippen molar-refractivity contribution < 1.29 is 34.0 Å². The van der Waals surface area contributed by atoms with Crippen LogP contribution in [-0.4, -0.2) is 66.9 Å². The molecule has 3 aromatic carbocycles. The number of carbonyl (C=O) groups is 1. The van der Waals surface area contributed by atoms with Crippen LogP contribution in [-0.2, 0) is 13.9 Å². The highest BCUT2D eigenvalue weighted by molar-refractivity contribution is 6.99. The van der Waals surface area contributed by atoms with Crippen LogP contribution in [0.2, 0.25) is 5.04 Å². The van der Waals surface area contributed by atoms with E-state index in [1.165, 1.54) is 0 Å². The van der Waals surface area contributed by atoms with Gasteiger partial charge in [0.1, 0.15) is 18.3 Å². The van der Waals surface area contributed by atoms with E-state index in [9.17, 15) is 20.1 Å². The van der Waals surface area contributed by atoms with Crippen molar-refractivity contribution in [2.45, 2.75) is 56.5 Å². The molecule has 37 heavy (non-hydrogen) atoms. The zero-order valence-corrected chi connectivity index (χ0v) is 22.2. The van der Waals surface area contributed by atoms with Crippen molar-refractivity contribution >= 4 is 24.7 Å². The van der Waals surface area contributed by atoms with Gasteiger partial charge in [-0.1, -0.05) is 99.6 Å². The highest BCUT2D eigenvalue weighted by atomic mass is 28.4. The molecule has 4 rings (SSSR count). The minimum atomic E-state index is -2.93. The monoisotopic (exact) mass is 522 g/mol. The van der Waals surface area contributed by atoms with Crippen molar-refractivity contribution in [3.8, 4) is 0 Å². The topological polar surface area (TPSA) is 105 Å². The summed E-state index contributed by atoms with van der Waals surface area (Å²) in [6.07, 6.45) is -7.15. The molecule has 196 valence electrons. The zero-order valence-electron chi connectivity index (χ0n) is 21.2. The number of ether oxygens (including phenoxy) is 2. The van der Waals surface area contributed by atoms with Gasteiger partial charge in [0, 0.05) is 0 Å². The molecule has 0 saturated carbocycles. The van der Waals surface area contributed by atoms with Crippen LogP contribution in [0.5, 0.6) is 0 Å². The van der Waals surface area contributed by atoms with Gasteiger partial charge >= 0.3 is 5.97 Å². The molecule has 0 radical (unpaired) electrons. The van der Waals surface area contributed by atoms with E-state index in [0.717, 1.165) is 10.4 Å². The zero-order chi connectivity index (χ0) is 26.6. The summed E-state index contributed by atoms with van der Waals surface area (Å²) in [5.74, 6) is -0.735. The van der Waals surface area contributed by atoms with Crippen LogP contribution in [0.4, 0.5) is 0 Å². The molecule has 1 saturated heterocycles. The number of carbonyl (C=O) groups excluding carboxylic acids is 1. The Morgan fingerprint density at radius 1 is 0.811 bits per heavy atom. The van der Waals surface area contributed by atoms with Gasteiger partial charge in [-0.3, -0.25) is 0 Å². The SMILES string of the molecule is CC(C)(C)[Si](OC[C@H]1O[C@H](O)[C@H](OC(=O)c2ccccc2)[C@@H](O)[C@@H]1O)(c1ccccc1)c1ccccc1. The minimum Gasteiger partial charge on any atom is -0.450 e. The second kappa shape index (κ2) is 11.3. The lowest BCUT2D eigenvalue weighted by Gasteiger charge is -2.45. The van der Waals surface area contributed by atoms with Gasteiger partial charge < -0.3 is 29.2 Å². The van der Waals surface area contributed by atoms with E-state index in [2.05, 4.69) is 20.8 Å². The number of hydrogen-bond acceptors (Lipinski definition) is 7. The first-order valence-electron chi connectivity index (χ1n) is 12.4. The average Bonchev–Trinajstić information content (AvgIpc) is 2.90. The molecule has 5 atom stereocenters. The first-order chi connectivity index (χ1) is 17.6. The maximum atomic E-state index is 12.5. The Bertz CT molecular complexity index is 1110. The third-order valence-electron chi connectivity index (χ3n) is 6.80. The Morgan fingerprint density at radius 3 is 1.78 bits per heavy atom. The van der Waals surface area contributed by atoms with Crippen LogP contribution in [0.3, 0.4) is 0 Å². The summed E-state index contributed by atoms with van der Waals surface area (Å²) in [6, 6.07) is 28.2. The van der Waals surface area contributed by atoms with Crippen molar-refractivity contribution in [3.05, 3.63) is 96.6 Å². The van der Waals surface area contributed by atoms with Gasteiger partial charge in [-0.15, -0.1) is 0 Å². The summed E-state index contributed by atoms with van der Waals surface area (Å²) in [4.78, 5) is 12.5. The maximum Gasteiger partial charge on any atom is 0.338 e. The van der Waals surface area contributed by atoms with Crippen molar-refractivity contribution in [1.29, 1.82) is 0 Å². The van der Waals surface area contributed by atoms with Gasteiger partial charge in [0.15, 0.2) is 12.4 Å². The Kier molecular flexibility index (Phi) is 8.28. The van der Waals surface area contributed by atoms with Crippen LogP contribution in [0, 0.1) is 0 Å². The smallest absolute Gasteiger partial charge is 0.338 e. The number of esters is 1. The largest absolute Gasteiger partial charge is 0.450 e. The third-order valence-corrected chi connectivity index (χ3v) is 11.8. The highest BCUT2D eigenvalue weighted by Crippen LogP contribution is 2.37. The molecule has 3 aromatic rings. The molecule has 0 amide bonds. The van der Waals surface area contributed by atoms with E-state index in [0.29, 0.717) is 0 Å². The summed E-state index contributed by atoms with van der Waals surface area (Å²) in [6.45, 7) is 6.29. The van der Waals surface area contributed by atoms with E-state index in [-0.39, 0.29) is 17.2 Å². The van der Waals surface area contributed by atoms with Gasteiger partial charge in [-0.2, -0.15) is 0 Å². The van der Waals surface area contributed by atoms with Crippen LogP contribution in [0.15, 0.2) is 91.0 Å². The van der Waals surface area contributed by atoms with Crippen LogP contribution >= 0.6 is 0 Å². The molecule has 7 nitrogen and oxygen atoms in total. The Hall–Kier alpha value is -2.85. The normalized spacial score (nSPS) is 24.4. The van der Waals surface area contributed by atoms with Gasteiger partial charge in [0.2, 0.25) is 0 Å². The number of benzene rings is 3. The van der Waals surface area contributed by atoms with Gasteiger partial charge in [0.25, 0.3) is 8.32 Å². The molecule has 0 aliphatic carbocycles. The molecule has 3 N–H and O–H groups in total. The second-order valence-electron chi connectivity index (χ2n) is 10.3. The first kappa shape index (κ1) is 27.2. The third kappa shape index (κ3) is 5.55. The summed E-state index contributed by atoms with van der Waals surface area (Å²) in [7, 11) is -2.93. The molecule has 1 aliphatic rings. The van der Waals surface area contributed by atoms with Gasteiger partial charge in [-0.25, -0.2) is 4.79 Å². The first-order valence-corrected chi connectivity index (χ1v) is 14.3. The van der Waals surface area contributed by atoms with Gasteiger partial charge in [0.05, 0.1) is 12.2 Å². The molecule has 0 unspecified atom stereocenters. The van der Waals surface area contributed by atoms with Crippen LogP contribution in [0.1, 0.15) is 31.1 Å². The summed E-state index contributed by atoms with van der Waals surface area (Å²) >= 11 is 0. The number of rotatable bonds is 7. The summed E-state index contributed by atoms with van der Waals surface area (Å²) in [5.41, 5.74) is 0.258. The van der Waals surface area contributed by atoms with E-state index >= 15 is 0 Å². The lowest BCUT2D eigenvalue weighted by atomic mass is 9.99. The fraction of sp³-hybridized carbons (Fsp3) is 0.345. The Balaban J connectivity index is 1.57. The molecule has 0 bridgehead atoms. The maximum absolute atomic E-state index is 12.5. The fourth-order valence-corrected chi connectivity index (χ4v) is 9.49. The van der Waals surface area contributed by atoms with Crippen molar-refractivity contribution in [3.63, 3.8) is 0 Å². The molecular weight excluding hydrogens is 488 g/mol. The van der Waals surface area contributed by atoms with E-state index in [1.54, 1.807) is 30.3 Å².